The van der Waals surface area contributed by atoms with Gasteiger partial charge in [0.1, 0.15) is 12.6 Å². The molecule has 0 aliphatic carbocycles. The first-order chi connectivity index (χ1) is 18.6. The number of amides is 2. The summed E-state index contributed by atoms with van der Waals surface area (Å²) in [6.07, 6.45) is 0. The fraction of sp³-hybridized carbons (Fsp3) is 0.375. The van der Waals surface area contributed by atoms with Crippen LogP contribution in [0.4, 0.5) is 5.69 Å². The van der Waals surface area contributed by atoms with E-state index in [-0.39, 0.29) is 17.3 Å². The SMILES string of the molecule is Cc1ccc(S(=O)(=O)N(CC(=O)N(Cc2ccccc2C)[C@H](C)C(=O)NC(C)(C)C)c2cc(C)cc(C)c2)cc1. The number of carbonyl (C=O) groups is 2. The van der Waals surface area contributed by atoms with Crippen LogP contribution in [-0.2, 0) is 26.2 Å². The van der Waals surface area contributed by atoms with Gasteiger partial charge in [-0.2, -0.15) is 0 Å². The average Bonchev–Trinajstić information content (AvgIpc) is 2.84. The molecule has 0 saturated heterocycles. The maximum absolute atomic E-state index is 14.1. The predicted molar refractivity (Wildman–Crippen MR) is 161 cm³/mol. The third kappa shape index (κ3) is 7.72. The Morgan fingerprint density at radius 1 is 0.850 bits per heavy atom. The van der Waals surface area contributed by atoms with E-state index in [1.54, 1.807) is 43.3 Å². The zero-order chi connectivity index (χ0) is 29.8. The van der Waals surface area contributed by atoms with Crippen molar-refractivity contribution in [1.82, 2.24) is 10.2 Å². The Morgan fingerprint density at radius 3 is 1.98 bits per heavy atom. The molecule has 0 heterocycles. The number of sulfonamides is 1. The van der Waals surface area contributed by atoms with Crippen LogP contribution in [0.2, 0.25) is 0 Å². The largest absolute Gasteiger partial charge is 0.350 e. The molecule has 3 aromatic carbocycles. The summed E-state index contributed by atoms with van der Waals surface area (Å²) in [5.41, 5.74) is 4.43. The Hall–Kier alpha value is -3.65. The van der Waals surface area contributed by atoms with Crippen molar-refractivity contribution in [3.05, 3.63) is 94.5 Å². The molecule has 0 bridgehead atoms. The molecule has 0 unspecified atom stereocenters. The number of hydrogen-bond acceptors (Lipinski definition) is 4. The van der Waals surface area contributed by atoms with E-state index in [1.165, 1.54) is 4.90 Å². The molecule has 0 fully saturated rings. The van der Waals surface area contributed by atoms with Crippen LogP contribution in [-0.4, -0.2) is 43.3 Å². The zero-order valence-electron chi connectivity index (χ0n) is 24.8. The van der Waals surface area contributed by atoms with Crippen LogP contribution in [0.5, 0.6) is 0 Å². The molecule has 8 heteroatoms. The first-order valence-electron chi connectivity index (χ1n) is 13.4. The van der Waals surface area contributed by atoms with Crippen molar-refractivity contribution in [2.24, 2.45) is 0 Å². The summed E-state index contributed by atoms with van der Waals surface area (Å²) in [5, 5.41) is 2.95. The third-order valence-corrected chi connectivity index (χ3v) is 8.44. The van der Waals surface area contributed by atoms with Crippen molar-refractivity contribution in [3.63, 3.8) is 0 Å². The quantitative estimate of drug-likeness (QED) is 0.375. The fourth-order valence-electron chi connectivity index (χ4n) is 4.49. The standard InChI is InChI=1S/C32H41N3O4S/c1-22-13-15-29(16-14-22)40(38,39)35(28-18-23(2)17-24(3)19-28)21-30(36)34(20-27-12-10-9-11-25(27)4)26(5)31(37)33-32(6,7)8/h9-19,26H,20-21H2,1-8H3,(H,33,37)/t26-/m1/s1. The second-order valence-electron chi connectivity index (χ2n) is 11.5. The summed E-state index contributed by atoms with van der Waals surface area (Å²) in [6, 6.07) is 18.9. The molecular weight excluding hydrogens is 522 g/mol. The highest BCUT2D eigenvalue weighted by molar-refractivity contribution is 7.92. The van der Waals surface area contributed by atoms with Crippen molar-refractivity contribution in [3.8, 4) is 0 Å². The van der Waals surface area contributed by atoms with E-state index in [9.17, 15) is 18.0 Å². The van der Waals surface area contributed by atoms with Gasteiger partial charge in [-0.25, -0.2) is 8.42 Å². The Labute approximate surface area is 239 Å². The lowest BCUT2D eigenvalue weighted by Crippen LogP contribution is -2.54. The lowest BCUT2D eigenvalue weighted by atomic mass is 10.1. The molecule has 0 saturated carbocycles. The highest BCUT2D eigenvalue weighted by Gasteiger charge is 2.33. The molecule has 3 aromatic rings. The van der Waals surface area contributed by atoms with E-state index >= 15 is 0 Å². The number of hydrogen-bond donors (Lipinski definition) is 1. The molecular formula is C32H41N3O4S. The van der Waals surface area contributed by atoms with Gasteiger partial charge in [-0.1, -0.05) is 48.0 Å². The topological polar surface area (TPSA) is 86.8 Å². The maximum atomic E-state index is 14.1. The monoisotopic (exact) mass is 563 g/mol. The van der Waals surface area contributed by atoms with Crippen molar-refractivity contribution in [2.45, 2.75) is 78.4 Å². The number of anilines is 1. The van der Waals surface area contributed by atoms with Gasteiger partial charge < -0.3 is 10.2 Å². The van der Waals surface area contributed by atoms with Gasteiger partial charge in [0.2, 0.25) is 11.8 Å². The molecule has 40 heavy (non-hydrogen) atoms. The van der Waals surface area contributed by atoms with Crippen molar-refractivity contribution >= 4 is 27.5 Å². The average molecular weight is 564 g/mol. The van der Waals surface area contributed by atoms with E-state index in [4.69, 9.17) is 0 Å². The van der Waals surface area contributed by atoms with Gasteiger partial charge in [0.25, 0.3) is 10.0 Å². The molecule has 1 atom stereocenters. The minimum Gasteiger partial charge on any atom is -0.350 e. The van der Waals surface area contributed by atoms with Crippen LogP contribution in [0.1, 0.15) is 55.5 Å². The molecule has 0 aliphatic rings. The van der Waals surface area contributed by atoms with Gasteiger partial charge in [0.05, 0.1) is 10.6 Å². The molecule has 2 amide bonds. The first kappa shape index (κ1) is 30.9. The predicted octanol–water partition coefficient (Wildman–Crippen LogP) is 5.45. The third-order valence-electron chi connectivity index (χ3n) is 6.65. The smallest absolute Gasteiger partial charge is 0.264 e. The number of nitrogens with one attached hydrogen (secondary N) is 1. The molecule has 7 nitrogen and oxygen atoms in total. The van der Waals surface area contributed by atoms with Crippen molar-refractivity contribution in [2.75, 3.05) is 10.8 Å². The number of benzene rings is 3. The highest BCUT2D eigenvalue weighted by Crippen LogP contribution is 2.27. The molecule has 214 valence electrons. The maximum Gasteiger partial charge on any atom is 0.264 e. The molecule has 0 spiro atoms. The van der Waals surface area contributed by atoms with E-state index in [0.29, 0.717) is 5.69 Å². The summed E-state index contributed by atoms with van der Waals surface area (Å²) < 4.78 is 29.2. The van der Waals surface area contributed by atoms with Gasteiger partial charge in [-0.15, -0.1) is 0 Å². The van der Waals surface area contributed by atoms with E-state index in [1.807, 2.05) is 78.8 Å². The van der Waals surface area contributed by atoms with Crippen LogP contribution >= 0.6 is 0 Å². The van der Waals surface area contributed by atoms with E-state index in [0.717, 1.165) is 32.1 Å². The minimum absolute atomic E-state index is 0.0917. The lowest BCUT2D eigenvalue weighted by Gasteiger charge is -2.34. The van der Waals surface area contributed by atoms with Crippen molar-refractivity contribution < 1.29 is 18.0 Å². The van der Waals surface area contributed by atoms with E-state index in [2.05, 4.69) is 5.32 Å². The summed E-state index contributed by atoms with van der Waals surface area (Å²) in [5.74, 6) is -0.788. The Bertz CT molecular complexity index is 1450. The van der Waals surface area contributed by atoms with Crippen LogP contribution in [0, 0.1) is 27.7 Å². The van der Waals surface area contributed by atoms with E-state index < -0.39 is 34.1 Å². The molecule has 1 N–H and O–H groups in total. The summed E-state index contributed by atoms with van der Waals surface area (Å²) in [4.78, 5) is 28.9. The zero-order valence-corrected chi connectivity index (χ0v) is 25.6. The number of aryl methyl sites for hydroxylation is 4. The number of carbonyl (C=O) groups excluding carboxylic acids is 2. The van der Waals surface area contributed by atoms with Crippen LogP contribution in [0.3, 0.4) is 0 Å². The van der Waals surface area contributed by atoms with Crippen LogP contribution in [0.15, 0.2) is 71.6 Å². The Balaban J connectivity index is 2.08. The molecule has 0 aliphatic heterocycles. The minimum atomic E-state index is -4.10. The van der Waals surface area contributed by atoms with Gasteiger partial charge >= 0.3 is 0 Å². The second-order valence-corrected chi connectivity index (χ2v) is 13.4. The van der Waals surface area contributed by atoms with Crippen LogP contribution in [0.25, 0.3) is 0 Å². The van der Waals surface area contributed by atoms with Crippen molar-refractivity contribution in [1.29, 1.82) is 0 Å². The van der Waals surface area contributed by atoms with Gasteiger partial charge in [-0.05, 0) is 102 Å². The summed E-state index contributed by atoms with van der Waals surface area (Å²) in [7, 11) is -4.10. The Morgan fingerprint density at radius 2 is 1.43 bits per heavy atom. The molecule has 0 aromatic heterocycles. The van der Waals surface area contributed by atoms with Gasteiger partial charge in [0.15, 0.2) is 0 Å². The molecule has 3 rings (SSSR count). The number of nitrogens with zero attached hydrogens (tertiary/aromatic N) is 2. The van der Waals surface area contributed by atoms with Gasteiger partial charge in [0, 0.05) is 12.1 Å². The molecule has 0 radical (unpaired) electrons. The summed E-state index contributed by atoms with van der Waals surface area (Å²) in [6.45, 7) is 14.6. The highest BCUT2D eigenvalue weighted by atomic mass is 32.2. The Kier molecular flexibility index (Phi) is 9.46. The normalized spacial score (nSPS) is 12.5. The fourth-order valence-corrected chi connectivity index (χ4v) is 5.89. The first-order valence-corrected chi connectivity index (χ1v) is 14.9. The number of rotatable bonds is 9. The van der Waals surface area contributed by atoms with Crippen LogP contribution < -0.4 is 9.62 Å². The van der Waals surface area contributed by atoms with Gasteiger partial charge in [-0.3, -0.25) is 13.9 Å². The second kappa shape index (κ2) is 12.3. The lowest BCUT2D eigenvalue weighted by molar-refractivity contribution is -0.140. The summed E-state index contributed by atoms with van der Waals surface area (Å²) >= 11 is 0.